The summed E-state index contributed by atoms with van der Waals surface area (Å²) in [5.41, 5.74) is 0.864. The summed E-state index contributed by atoms with van der Waals surface area (Å²) >= 11 is 0. The molecule has 1 atom stereocenters. The lowest BCUT2D eigenvalue weighted by atomic mass is 10.0. The van der Waals surface area contributed by atoms with Crippen molar-refractivity contribution >= 4 is 11.8 Å². The Bertz CT molecular complexity index is 474. The largest absolute Gasteiger partial charge is 0.497 e. The van der Waals surface area contributed by atoms with E-state index < -0.39 is 0 Å². The van der Waals surface area contributed by atoms with Crippen LogP contribution >= 0.6 is 0 Å². The molecular formula is C16H24N2O4. The summed E-state index contributed by atoms with van der Waals surface area (Å²) in [7, 11) is 3.21. The number of carbonyl (C=O) groups excluding carboxylic acids is 2. The van der Waals surface area contributed by atoms with Crippen LogP contribution in [0.1, 0.15) is 31.4 Å². The number of benzene rings is 1. The van der Waals surface area contributed by atoms with Crippen molar-refractivity contribution in [3.05, 3.63) is 29.8 Å². The Balaban J connectivity index is 2.63. The number of methoxy groups -OCH3 is 2. The summed E-state index contributed by atoms with van der Waals surface area (Å²) in [6.07, 6.45) is 0.953. The van der Waals surface area contributed by atoms with Crippen LogP contribution in [0.15, 0.2) is 24.3 Å². The Morgan fingerprint density at radius 3 is 2.41 bits per heavy atom. The van der Waals surface area contributed by atoms with Crippen LogP contribution in [0.4, 0.5) is 0 Å². The molecule has 0 unspecified atom stereocenters. The molecule has 2 amide bonds. The fourth-order valence-electron chi connectivity index (χ4n) is 2.04. The predicted octanol–water partition coefficient (Wildman–Crippen LogP) is 1.42. The average Bonchev–Trinajstić information content (AvgIpc) is 2.50. The number of hydrogen-bond acceptors (Lipinski definition) is 4. The quantitative estimate of drug-likeness (QED) is 0.676. The van der Waals surface area contributed by atoms with Crippen LogP contribution in [0.2, 0.25) is 0 Å². The first-order valence-corrected chi connectivity index (χ1v) is 7.23. The van der Waals surface area contributed by atoms with Gasteiger partial charge in [-0.1, -0.05) is 12.1 Å². The minimum Gasteiger partial charge on any atom is -0.497 e. The van der Waals surface area contributed by atoms with Crippen molar-refractivity contribution in [2.45, 2.75) is 25.8 Å². The van der Waals surface area contributed by atoms with Crippen LogP contribution in [-0.4, -0.2) is 39.2 Å². The van der Waals surface area contributed by atoms with Crippen molar-refractivity contribution < 1.29 is 19.1 Å². The first-order valence-electron chi connectivity index (χ1n) is 7.23. The van der Waals surface area contributed by atoms with E-state index in [1.165, 1.54) is 6.92 Å². The van der Waals surface area contributed by atoms with Gasteiger partial charge in [-0.3, -0.25) is 9.59 Å². The molecule has 0 aromatic heterocycles. The van der Waals surface area contributed by atoms with E-state index in [2.05, 4.69) is 10.6 Å². The maximum Gasteiger partial charge on any atom is 0.222 e. The van der Waals surface area contributed by atoms with E-state index >= 15 is 0 Å². The first kappa shape index (κ1) is 18.0. The zero-order chi connectivity index (χ0) is 16.4. The van der Waals surface area contributed by atoms with Gasteiger partial charge in [0.1, 0.15) is 5.75 Å². The van der Waals surface area contributed by atoms with Gasteiger partial charge in [-0.25, -0.2) is 0 Å². The van der Waals surface area contributed by atoms with Gasteiger partial charge in [0, 0.05) is 27.2 Å². The molecule has 0 radical (unpaired) electrons. The SMILES string of the molecule is COCCCNC(=O)C[C@H](NC(C)=O)c1ccc(OC)cc1. The van der Waals surface area contributed by atoms with E-state index in [0.29, 0.717) is 13.2 Å². The summed E-state index contributed by atoms with van der Waals surface area (Å²) in [6.45, 7) is 2.60. The normalized spacial score (nSPS) is 11.6. The van der Waals surface area contributed by atoms with Gasteiger partial charge >= 0.3 is 0 Å². The first-order chi connectivity index (χ1) is 10.6. The van der Waals surface area contributed by atoms with Crippen LogP contribution in [0.3, 0.4) is 0 Å². The van der Waals surface area contributed by atoms with Crippen molar-refractivity contribution in [2.75, 3.05) is 27.4 Å². The summed E-state index contributed by atoms with van der Waals surface area (Å²) in [5.74, 6) is 0.452. The molecule has 2 N–H and O–H groups in total. The second-order valence-electron chi connectivity index (χ2n) is 4.93. The molecule has 1 aromatic carbocycles. The third-order valence-electron chi connectivity index (χ3n) is 3.13. The van der Waals surface area contributed by atoms with Crippen molar-refractivity contribution in [1.82, 2.24) is 10.6 Å². The molecule has 6 heteroatoms. The molecule has 1 rings (SSSR count). The lowest BCUT2D eigenvalue weighted by Gasteiger charge is -2.18. The summed E-state index contributed by atoms with van der Waals surface area (Å²) < 4.78 is 10.0. The monoisotopic (exact) mass is 308 g/mol. The van der Waals surface area contributed by atoms with Crippen LogP contribution in [0.5, 0.6) is 5.75 Å². The van der Waals surface area contributed by atoms with Gasteiger partial charge in [-0.2, -0.15) is 0 Å². The van der Waals surface area contributed by atoms with Gasteiger partial charge in [0.05, 0.1) is 19.6 Å². The smallest absolute Gasteiger partial charge is 0.222 e. The fraction of sp³-hybridized carbons (Fsp3) is 0.500. The highest BCUT2D eigenvalue weighted by atomic mass is 16.5. The van der Waals surface area contributed by atoms with E-state index in [9.17, 15) is 9.59 Å². The van der Waals surface area contributed by atoms with Gasteiger partial charge in [-0.15, -0.1) is 0 Å². The predicted molar refractivity (Wildman–Crippen MR) is 83.7 cm³/mol. The van der Waals surface area contributed by atoms with E-state index in [1.807, 2.05) is 12.1 Å². The highest BCUT2D eigenvalue weighted by molar-refractivity contribution is 5.79. The van der Waals surface area contributed by atoms with Crippen LogP contribution in [-0.2, 0) is 14.3 Å². The number of carbonyl (C=O) groups is 2. The Morgan fingerprint density at radius 1 is 1.18 bits per heavy atom. The van der Waals surface area contributed by atoms with Crippen molar-refractivity contribution in [1.29, 1.82) is 0 Å². The standard InChI is InChI=1S/C16H24N2O4/c1-12(19)18-15(11-16(20)17-9-4-10-21-2)13-5-7-14(22-3)8-6-13/h5-8,15H,4,9-11H2,1-3H3,(H,17,20)(H,18,19)/t15-/m0/s1. The average molecular weight is 308 g/mol. The van der Waals surface area contributed by atoms with Crippen LogP contribution < -0.4 is 15.4 Å². The molecule has 22 heavy (non-hydrogen) atoms. The van der Waals surface area contributed by atoms with Gasteiger partial charge in [0.2, 0.25) is 11.8 Å². The molecule has 0 aliphatic rings. The zero-order valence-electron chi connectivity index (χ0n) is 13.3. The van der Waals surface area contributed by atoms with Crippen LogP contribution in [0.25, 0.3) is 0 Å². The number of ether oxygens (including phenoxy) is 2. The molecular weight excluding hydrogens is 284 g/mol. The second kappa shape index (κ2) is 9.78. The molecule has 0 saturated carbocycles. The zero-order valence-corrected chi connectivity index (χ0v) is 13.3. The third-order valence-corrected chi connectivity index (χ3v) is 3.13. The number of amides is 2. The molecule has 122 valence electrons. The second-order valence-corrected chi connectivity index (χ2v) is 4.93. The van der Waals surface area contributed by atoms with Gasteiger partial charge < -0.3 is 20.1 Å². The maximum absolute atomic E-state index is 12.0. The van der Waals surface area contributed by atoms with Crippen molar-refractivity contribution in [3.63, 3.8) is 0 Å². The molecule has 0 fully saturated rings. The van der Waals surface area contributed by atoms with Crippen molar-refractivity contribution in [3.8, 4) is 5.75 Å². The topological polar surface area (TPSA) is 76.7 Å². The van der Waals surface area contributed by atoms with Crippen molar-refractivity contribution in [2.24, 2.45) is 0 Å². The lowest BCUT2D eigenvalue weighted by molar-refractivity contribution is -0.122. The number of nitrogens with one attached hydrogen (secondary N) is 2. The highest BCUT2D eigenvalue weighted by Crippen LogP contribution is 2.20. The molecule has 0 spiro atoms. The van der Waals surface area contributed by atoms with Gasteiger partial charge in [0.25, 0.3) is 0 Å². The van der Waals surface area contributed by atoms with E-state index in [0.717, 1.165) is 17.7 Å². The third kappa shape index (κ3) is 6.58. The molecule has 0 bridgehead atoms. The Hall–Kier alpha value is -2.08. The van der Waals surface area contributed by atoms with E-state index in [1.54, 1.807) is 26.4 Å². The highest BCUT2D eigenvalue weighted by Gasteiger charge is 2.17. The minimum absolute atomic E-state index is 0.106. The molecule has 0 aliphatic carbocycles. The van der Waals surface area contributed by atoms with E-state index in [4.69, 9.17) is 9.47 Å². The fourth-order valence-corrected chi connectivity index (χ4v) is 2.04. The molecule has 0 heterocycles. The summed E-state index contributed by atoms with van der Waals surface area (Å²) in [4.78, 5) is 23.3. The summed E-state index contributed by atoms with van der Waals surface area (Å²) in [5, 5.41) is 5.62. The Labute approximate surface area is 131 Å². The minimum atomic E-state index is -0.356. The molecule has 0 aliphatic heterocycles. The number of rotatable bonds is 9. The molecule has 0 saturated heterocycles. The van der Waals surface area contributed by atoms with Gasteiger partial charge in [0.15, 0.2) is 0 Å². The molecule has 6 nitrogen and oxygen atoms in total. The Kier molecular flexibility index (Phi) is 7.99. The molecule has 1 aromatic rings. The Morgan fingerprint density at radius 2 is 1.86 bits per heavy atom. The van der Waals surface area contributed by atoms with E-state index in [-0.39, 0.29) is 24.3 Å². The maximum atomic E-state index is 12.0. The van der Waals surface area contributed by atoms with Crippen LogP contribution in [0, 0.1) is 0 Å². The van der Waals surface area contributed by atoms with Gasteiger partial charge in [-0.05, 0) is 24.1 Å². The lowest BCUT2D eigenvalue weighted by Crippen LogP contribution is -2.33. The summed E-state index contributed by atoms with van der Waals surface area (Å²) in [6, 6.07) is 6.95. The number of hydrogen-bond donors (Lipinski definition) is 2.